The van der Waals surface area contributed by atoms with Gasteiger partial charge in [-0.15, -0.1) is 10.2 Å². The number of carbonyl (C=O) groups is 1. The lowest BCUT2D eigenvalue weighted by molar-refractivity contribution is -0.114. The molecule has 0 bridgehead atoms. The minimum Gasteiger partial charge on any atom is -0.299 e. The summed E-state index contributed by atoms with van der Waals surface area (Å²) < 4.78 is 25.4. The number of nitrogens with one attached hydrogen (secondary N) is 1. The first-order valence-corrected chi connectivity index (χ1v) is 11.2. The number of sulfonamides is 1. The summed E-state index contributed by atoms with van der Waals surface area (Å²) in [5, 5.41) is 12.0. The molecule has 0 saturated heterocycles. The molecular formula is C18H17ClN4O3S2. The maximum atomic E-state index is 12.4. The van der Waals surface area contributed by atoms with E-state index in [0.29, 0.717) is 20.8 Å². The third-order valence-electron chi connectivity index (χ3n) is 3.82. The molecule has 2 aromatic carbocycles. The van der Waals surface area contributed by atoms with Gasteiger partial charge < -0.3 is 0 Å². The van der Waals surface area contributed by atoms with E-state index in [9.17, 15) is 13.2 Å². The molecule has 10 heteroatoms. The summed E-state index contributed by atoms with van der Waals surface area (Å²) in [5.74, 6) is -0.530. The number of amides is 1. The lowest BCUT2D eigenvalue weighted by atomic mass is 10.2. The fourth-order valence-electron chi connectivity index (χ4n) is 2.40. The number of nitrogens with zero attached hydrogens (tertiary/aromatic N) is 3. The molecule has 3 rings (SSSR count). The Balaban J connectivity index is 1.76. The van der Waals surface area contributed by atoms with Gasteiger partial charge in [0.15, 0.2) is 0 Å². The van der Waals surface area contributed by atoms with Gasteiger partial charge >= 0.3 is 0 Å². The van der Waals surface area contributed by atoms with Crippen LogP contribution in [0.3, 0.4) is 0 Å². The molecule has 0 unspecified atom stereocenters. The zero-order chi connectivity index (χ0) is 20.3. The number of rotatable bonds is 6. The van der Waals surface area contributed by atoms with Crippen molar-refractivity contribution in [2.45, 2.75) is 6.92 Å². The van der Waals surface area contributed by atoms with E-state index >= 15 is 0 Å². The molecule has 0 aliphatic carbocycles. The van der Waals surface area contributed by atoms with Crippen molar-refractivity contribution >= 4 is 49.7 Å². The molecular weight excluding hydrogens is 420 g/mol. The molecule has 146 valence electrons. The van der Waals surface area contributed by atoms with Gasteiger partial charge in [0.2, 0.25) is 21.1 Å². The molecule has 1 N–H and O–H groups in total. The van der Waals surface area contributed by atoms with Crippen LogP contribution < -0.4 is 9.62 Å². The first-order valence-electron chi connectivity index (χ1n) is 8.16. The summed E-state index contributed by atoms with van der Waals surface area (Å²) in [4.78, 5) is 12.4. The standard InChI is InChI=1S/C18H17ClN4O3S2/c1-12-8-9-14(10-15(12)19)23(28(2,25)26)11-16(24)20-18-22-21-17(27-18)13-6-4-3-5-7-13/h3-10H,11H2,1-2H3,(H,20,22,24). The highest BCUT2D eigenvalue weighted by molar-refractivity contribution is 7.92. The minimum atomic E-state index is -3.69. The zero-order valence-corrected chi connectivity index (χ0v) is 17.5. The summed E-state index contributed by atoms with van der Waals surface area (Å²) in [5.41, 5.74) is 2.01. The lowest BCUT2D eigenvalue weighted by Crippen LogP contribution is -2.37. The van der Waals surface area contributed by atoms with Gasteiger partial charge in [-0.05, 0) is 24.6 Å². The molecule has 0 atom stereocenters. The quantitative estimate of drug-likeness (QED) is 0.637. The topological polar surface area (TPSA) is 92.3 Å². The normalized spacial score (nSPS) is 11.2. The van der Waals surface area contributed by atoms with Crippen molar-refractivity contribution in [3.63, 3.8) is 0 Å². The van der Waals surface area contributed by atoms with Crippen LogP contribution in [-0.2, 0) is 14.8 Å². The van der Waals surface area contributed by atoms with E-state index in [-0.39, 0.29) is 0 Å². The maximum absolute atomic E-state index is 12.4. The summed E-state index contributed by atoms with van der Waals surface area (Å²) in [6, 6.07) is 14.3. The van der Waals surface area contributed by atoms with Crippen molar-refractivity contribution in [3.05, 3.63) is 59.1 Å². The number of aryl methyl sites for hydroxylation is 1. The first-order chi connectivity index (χ1) is 13.2. The molecule has 0 spiro atoms. The van der Waals surface area contributed by atoms with Gasteiger partial charge in [0.1, 0.15) is 11.6 Å². The molecule has 0 radical (unpaired) electrons. The third-order valence-corrected chi connectivity index (χ3v) is 6.26. The highest BCUT2D eigenvalue weighted by atomic mass is 35.5. The van der Waals surface area contributed by atoms with Crippen LogP contribution in [0.15, 0.2) is 48.5 Å². The van der Waals surface area contributed by atoms with Crippen LogP contribution in [0, 0.1) is 6.92 Å². The molecule has 0 aliphatic heterocycles. The summed E-state index contributed by atoms with van der Waals surface area (Å²) in [6.07, 6.45) is 1.03. The Morgan fingerprint density at radius 2 is 1.89 bits per heavy atom. The van der Waals surface area contributed by atoms with Crippen LogP contribution in [0.2, 0.25) is 5.02 Å². The van der Waals surface area contributed by atoms with Gasteiger partial charge in [-0.2, -0.15) is 0 Å². The van der Waals surface area contributed by atoms with Crippen molar-refractivity contribution in [3.8, 4) is 10.6 Å². The molecule has 0 fully saturated rings. The van der Waals surface area contributed by atoms with Crippen molar-refractivity contribution < 1.29 is 13.2 Å². The van der Waals surface area contributed by atoms with Crippen LogP contribution in [0.4, 0.5) is 10.8 Å². The Bertz CT molecular complexity index is 1100. The van der Waals surface area contributed by atoms with Gasteiger partial charge in [0.05, 0.1) is 11.9 Å². The van der Waals surface area contributed by atoms with Crippen molar-refractivity contribution in [2.24, 2.45) is 0 Å². The second-order valence-corrected chi connectivity index (χ2v) is 9.32. The SMILES string of the molecule is Cc1ccc(N(CC(=O)Nc2nnc(-c3ccccc3)s2)S(C)(=O)=O)cc1Cl. The van der Waals surface area contributed by atoms with E-state index in [1.54, 1.807) is 12.1 Å². The molecule has 1 amide bonds. The third kappa shape index (κ3) is 4.86. The van der Waals surface area contributed by atoms with E-state index < -0.39 is 22.5 Å². The minimum absolute atomic E-state index is 0.291. The summed E-state index contributed by atoms with van der Waals surface area (Å²) >= 11 is 7.30. The first kappa shape index (κ1) is 20.2. The second kappa shape index (κ2) is 8.26. The number of benzene rings is 2. The Labute approximate surface area is 172 Å². The van der Waals surface area contributed by atoms with E-state index in [0.717, 1.165) is 21.7 Å². The zero-order valence-electron chi connectivity index (χ0n) is 15.1. The molecule has 0 saturated carbocycles. The van der Waals surface area contributed by atoms with Crippen molar-refractivity contribution in [2.75, 3.05) is 22.4 Å². The number of anilines is 2. The average molecular weight is 437 g/mol. The number of carbonyl (C=O) groups excluding carboxylic acids is 1. The number of hydrogen-bond acceptors (Lipinski definition) is 6. The van der Waals surface area contributed by atoms with E-state index in [4.69, 9.17) is 11.6 Å². The number of aromatic nitrogens is 2. The number of halogens is 1. The highest BCUT2D eigenvalue weighted by Gasteiger charge is 2.22. The van der Waals surface area contributed by atoms with Crippen molar-refractivity contribution in [1.82, 2.24) is 10.2 Å². The van der Waals surface area contributed by atoms with E-state index in [1.807, 2.05) is 37.3 Å². The Hall–Kier alpha value is -2.49. The van der Waals surface area contributed by atoms with Gasteiger partial charge in [0, 0.05) is 10.6 Å². The lowest BCUT2D eigenvalue weighted by Gasteiger charge is -2.22. The smallest absolute Gasteiger partial charge is 0.246 e. The fourth-order valence-corrected chi connectivity index (χ4v) is 4.19. The molecule has 1 heterocycles. The predicted molar refractivity (Wildman–Crippen MR) is 112 cm³/mol. The van der Waals surface area contributed by atoms with Crippen molar-refractivity contribution in [1.29, 1.82) is 0 Å². The van der Waals surface area contributed by atoms with Gasteiger partial charge in [0.25, 0.3) is 0 Å². The van der Waals surface area contributed by atoms with Crippen LogP contribution in [0.25, 0.3) is 10.6 Å². The van der Waals surface area contributed by atoms with Crippen LogP contribution in [0.5, 0.6) is 0 Å². The van der Waals surface area contributed by atoms with Crippen LogP contribution >= 0.6 is 22.9 Å². The average Bonchev–Trinajstić information content (AvgIpc) is 3.10. The second-order valence-electron chi connectivity index (χ2n) is 6.03. The maximum Gasteiger partial charge on any atom is 0.246 e. The van der Waals surface area contributed by atoms with Gasteiger partial charge in [-0.25, -0.2) is 8.42 Å². The molecule has 0 aliphatic rings. The summed E-state index contributed by atoms with van der Waals surface area (Å²) in [6.45, 7) is 1.40. The molecule has 7 nitrogen and oxygen atoms in total. The molecule has 1 aromatic heterocycles. The van der Waals surface area contributed by atoms with Crippen LogP contribution in [-0.4, -0.2) is 37.3 Å². The molecule has 3 aromatic rings. The monoisotopic (exact) mass is 436 g/mol. The highest BCUT2D eigenvalue weighted by Crippen LogP contribution is 2.27. The van der Waals surface area contributed by atoms with Gasteiger partial charge in [-0.1, -0.05) is 59.3 Å². The summed E-state index contributed by atoms with van der Waals surface area (Å²) in [7, 11) is -3.69. The van der Waals surface area contributed by atoms with Crippen LogP contribution in [0.1, 0.15) is 5.56 Å². The van der Waals surface area contributed by atoms with E-state index in [2.05, 4.69) is 15.5 Å². The van der Waals surface area contributed by atoms with Gasteiger partial charge in [-0.3, -0.25) is 14.4 Å². The Morgan fingerprint density at radius 1 is 1.18 bits per heavy atom. The van der Waals surface area contributed by atoms with E-state index in [1.165, 1.54) is 17.4 Å². The largest absolute Gasteiger partial charge is 0.299 e. The Morgan fingerprint density at radius 3 is 2.54 bits per heavy atom. The Kier molecular flexibility index (Phi) is 5.97. The fraction of sp³-hybridized carbons (Fsp3) is 0.167. The predicted octanol–water partition coefficient (Wildman–Crippen LogP) is 3.57. The molecule has 28 heavy (non-hydrogen) atoms. The number of hydrogen-bond donors (Lipinski definition) is 1.